The molecule has 1 aliphatic heterocycles. The molecule has 0 radical (unpaired) electrons. The van der Waals surface area contributed by atoms with Crippen LogP contribution < -0.4 is 10.6 Å². The number of nitrogens with zero attached hydrogens (tertiary/aromatic N) is 4. The third-order valence-electron chi connectivity index (χ3n) is 4.89. The van der Waals surface area contributed by atoms with E-state index in [-0.39, 0.29) is 17.9 Å². The zero-order valence-corrected chi connectivity index (χ0v) is 15.7. The van der Waals surface area contributed by atoms with Crippen LogP contribution in [0.2, 0.25) is 0 Å². The molecule has 0 bridgehead atoms. The summed E-state index contributed by atoms with van der Waals surface area (Å²) in [7, 11) is 1.71. The SMILES string of the molecule is Cc1nn(C)cc1NC(=O)c1cc2n(n1)C(C(F)(F)F)CC(c1ccccc1)N2. The van der Waals surface area contributed by atoms with E-state index < -0.39 is 24.2 Å². The van der Waals surface area contributed by atoms with E-state index in [1.807, 2.05) is 0 Å². The quantitative estimate of drug-likeness (QED) is 0.696. The number of amides is 1. The lowest BCUT2D eigenvalue weighted by Crippen LogP contribution is -2.35. The Balaban J connectivity index is 1.65. The van der Waals surface area contributed by atoms with E-state index in [1.54, 1.807) is 50.5 Å². The summed E-state index contributed by atoms with van der Waals surface area (Å²) in [4.78, 5) is 12.6. The number of rotatable bonds is 3. The van der Waals surface area contributed by atoms with Gasteiger partial charge in [-0.15, -0.1) is 0 Å². The molecule has 2 unspecified atom stereocenters. The van der Waals surface area contributed by atoms with Gasteiger partial charge in [0.1, 0.15) is 5.82 Å². The second kappa shape index (κ2) is 6.94. The third-order valence-corrected chi connectivity index (χ3v) is 4.89. The van der Waals surface area contributed by atoms with Crippen LogP contribution in [0.4, 0.5) is 24.7 Å². The Morgan fingerprint density at radius 1 is 1.24 bits per heavy atom. The maximum Gasteiger partial charge on any atom is 0.410 e. The summed E-state index contributed by atoms with van der Waals surface area (Å²) < 4.78 is 43.6. The van der Waals surface area contributed by atoms with Crippen molar-refractivity contribution in [1.82, 2.24) is 19.6 Å². The molecule has 0 aliphatic carbocycles. The molecule has 29 heavy (non-hydrogen) atoms. The lowest BCUT2D eigenvalue weighted by atomic mass is 9.97. The molecular formula is C19H19F3N6O. The molecule has 1 aromatic carbocycles. The first kappa shape index (κ1) is 19.0. The Morgan fingerprint density at radius 3 is 2.59 bits per heavy atom. The molecule has 2 N–H and O–H groups in total. The Morgan fingerprint density at radius 2 is 1.97 bits per heavy atom. The number of anilines is 2. The zero-order chi connectivity index (χ0) is 20.8. The van der Waals surface area contributed by atoms with Crippen molar-refractivity contribution in [2.45, 2.75) is 31.6 Å². The number of hydrogen-bond acceptors (Lipinski definition) is 4. The molecule has 1 aliphatic rings. The Labute approximate surface area is 164 Å². The molecule has 3 aromatic rings. The van der Waals surface area contributed by atoms with E-state index in [0.717, 1.165) is 10.2 Å². The maximum absolute atomic E-state index is 13.7. The van der Waals surface area contributed by atoms with Gasteiger partial charge < -0.3 is 10.6 Å². The van der Waals surface area contributed by atoms with Crippen molar-refractivity contribution in [3.63, 3.8) is 0 Å². The summed E-state index contributed by atoms with van der Waals surface area (Å²) in [5.41, 5.74) is 1.72. The van der Waals surface area contributed by atoms with Crippen LogP contribution in [0.5, 0.6) is 0 Å². The van der Waals surface area contributed by atoms with Gasteiger partial charge in [0.15, 0.2) is 11.7 Å². The van der Waals surface area contributed by atoms with Crippen LogP contribution in [0, 0.1) is 6.92 Å². The van der Waals surface area contributed by atoms with Gasteiger partial charge in [0.2, 0.25) is 0 Å². The van der Waals surface area contributed by atoms with Crippen molar-refractivity contribution in [3.8, 4) is 0 Å². The minimum Gasteiger partial charge on any atom is -0.363 e. The van der Waals surface area contributed by atoms with Crippen molar-refractivity contribution >= 4 is 17.4 Å². The number of fused-ring (bicyclic) bond motifs is 1. The second-order valence-corrected chi connectivity index (χ2v) is 7.02. The van der Waals surface area contributed by atoms with Crippen LogP contribution in [0.3, 0.4) is 0 Å². The third kappa shape index (κ3) is 3.69. The number of aryl methyl sites for hydroxylation is 2. The van der Waals surface area contributed by atoms with Gasteiger partial charge >= 0.3 is 6.18 Å². The summed E-state index contributed by atoms with van der Waals surface area (Å²) >= 11 is 0. The molecule has 10 heteroatoms. The van der Waals surface area contributed by atoms with Gasteiger partial charge in [-0.2, -0.15) is 23.4 Å². The second-order valence-electron chi connectivity index (χ2n) is 7.02. The van der Waals surface area contributed by atoms with Gasteiger partial charge in [0.05, 0.1) is 17.4 Å². The Hall–Kier alpha value is -3.30. The highest BCUT2D eigenvalue weighted by atomic mass is 19.4. The van der Waals surface area contributed by atoms with Crippen LogP contribution in [-0.4, -0.2) is 31.6 Å². The number of halogens is 3. The van der Waals surface area contributed by atoms with Crippen molar-refractivity contribution < 1.29 is 18.0 Å². The minimum atomic E-state index is -4.50. The monoisotopic (exact) mass is 404 g/mol. The fourth-order valence-corrected chi connectivity index (χ4v) is 3.50. The van der Waals surface area contributed by atoms with Gasteiger partial charge in [0.25, 0.3) is 5.91 Å². The van der Waals surface area contributed by atoms with E-state index in [9.17, 15) is 18.0 Å². The van der Waals surface area contributed by atoms with Crippen LogP contribution in [0.1, 0.15) is 40.3 Å². The van der Waals surface area contributed by atoms with Crippen molar-refractivity contribution in [3.05, 3.63) is 59.5 Å². The molecule has 2 atom stereocenters. The highest BCUT2D eigenvalue weighted by Gasteiger charge is 2.46. The predicted octanol–water partition coefficient (Wildman–Crippen LogP) is 3.84. The van der Waals surface area contributed by atoms with E-state index in [2.05, 4.69) is 20.8 Å². The van der Waals surface area contributed by atoms with Crippen LogP contribution in [0.25, 0.3) is 0 Å². The number of benzene rings is 1. The Bertz CT molecular complexity index is 1040. The predicted molar refractivity (Wildman–Crippen MR) is 101 cm³/mol. The van der Waals surface area contributed by atoms with Crippen LogP contribution in [0.15, 0.2) is 42.6 Å². The first-order valence-electron chi connectivity index (χ1n) is 9.01. The lowest BCUT2D eigenvalue weighted by Gasteiger charge is -2.33. The minimum absolute atomic E-state index is 0.0984. The topological polar surface area (TPSA) is 76.8 Å². The number of carbonyl (C=O) groups excluding carboxylic acids is 1. The first-order chi connectivity index (χ1) is 13.7. The number of alkyl halides is 3. The standard InChI is InChI=1S/C19H19F3N6O/c1-11-15(10-27(2)25-11)24-18(29)14-9-17-23-13(12-6-4-3-5-7-12)8-16(19(20,21)22)28(17)26-14/h3-7,9-10,13,16,23H,8H2,1-2H3,(H,24,29). The van der Waals surface area contributed by atoms with Crippen molar-refractivity contribution in [2.24, 2.45) is 7.05 Å². The highest BCUT2D eigenvalue weighted by Crippen LogP contribution is 2.43. The zero-order valence-electron chi connectivity index (χ0n) is 15.7. The van der Waals surface area contributed by atoms with E-state index in [4.69, 9.17) is 0 Å². The fourth-order valence-electron chi connectivity index (χ4n) is 3.50. The Kier molecular flexibility index (Phi) is 4.56. The van der Waals surface area contributed by atoms with Gasteiger partial charge in [-0.05, 0) is 12.5 Å². The average molecular weight is 404 g/mol. The average Bonchev–Trinajstić information content (AvgIpc) is 3.23. The molecule has 4 rings (SSSR count). The molecule has 0 spiro atoms. The first-order valence-corrected chi connectivity index (χ1v) is 9.01. The molecular weight excluding hydrogens is 385 g/mol. The number of hydrogen-bond donors (Lipinski definition) is 2. The largest absolute Gasteiger partial charge is 0.410 e. The summed E-state index contributed by atoms with van der Waals surface area (Å²) in [5, 5.41) is 13.8. The van der Waals surface area contributed by atoms with E-state index in [0.29, 0.717) is 11.4 Å². The van der Waals surface area contributed by atoms with Gasteiger partial charge in [0, 0.05) is 25.7 Å². The fraction of sp³-hybridized carbons (Fsp3) is 0.316. The summed E-state index contributed by atoms with van der Waals surface area (Å²) in [6, 6.07) is 7.89. The highest BCUT2D eigenvalue weighted by molar-refractivity contribution is 6.03. The molecule has 0 saturated carbocycles. The molecule has 2 aromatic heterocycles. The number of nitrogens with one attached hydrogen (secondary N) is 2. The van der Waals surface area contributed by atoms with Gasteiger partial charge in [-0.3, -0.25) is 9.48 Å². The van der Waals surface area contributed by atoms with Crippen molar-refractivity contribution in [1.29, 1.82) is 0 Å². The van der Waals surface area contributed by atoms with Gasteiger partial charge in [-0.25, -0.2) is 4.68 Å². The number of aromatic nitrogens is 4. The normalized spacial score (nSPS) is 18.8. The molecule has 1 amide bonds. The number of carbonyl (C=O) groups is 1. The van der Waals surface area contributed by atoms with Crippen molar-refractivity contribution in [2.75, 3.05) is 10.6 Å². The van der Waals surface area contributed by atoms with E-state index in [1.165, 1.54) is 10.7 Å². The maximum atomic E-state index is 13.7. The van der Waals surface area contributed by atoms with Crippen LogP contribution in [-0.2, 0) is 7.05 Å². The lowest BCUT2D eigenvalue weighted by molar-refractivity contribution is -0.173. The molecule has 3 heterocycles. The van der Waals surface area contributed by atoms with Gasteiger partial charge in [-0.1, -0.05) is 30.3 Å². The smallest absolute Gasteiger partial charge is 0.363 e. The molecule has 7 nitrogen and oxygen atoms in total. The summed E-state index contributed by atoms with van der Waals surface area (Å²) in [6.45, 7) is 1.72. The summed E-state index contributed by atoms with van der Waals surface area (Å²) in [6.07, 6.45) is -3.10. The molecule has 152 valence electrons. The molecule has 0 saturated heterocycles. The van der Waals surface area contributed by atoms with Crippen LogP contribution >= 0.6 is 0 Å². The van der Waals surface area contributed by atoms with E-state index >= 15 is 0 Å². The summed E-state index contributed by atoms with van der Waals surface area (Å²) in [5.74, 6) is -0.442. The molecule has 0 fully saturated rings.